The third-order valence-electron chi connectivity index (χ3n) is 5.39. The number of carbonyl (C=O) groups excluding carboxylic acids is 1. The highest BCUT2D eigenvalue weighted by Crippen LogP contribution is 2.27. The Bertz CT molecular complexity index is 753. The van der Waals surface area contributed by atoms with Gasteiger partial charge in [0.15, 0.2) is 0 Å². The number of fused-ring (bicyclic) bond motifs is 1. The number of urea groups is 1. The lowest BCUT2D eigenvalue weighted by Gasteiger charge is -2.33. The van der Waals surface area contributed by atoms with Crippen LogP contribution in [0.5, 0.6) is 0 Å². The summed E-state index contributed by atoms with van der Waals surface area (Å²) in [4.78, 5) is 13.9. The second-order valence-electron chi connectivity index (χ2n) is 7.05. The zero-order chi connectivity index (χ0) is 17.8. The highest BCUT2D eigenvalue weighted by atomic mass is 35.5. The Morgan fingerprint density at radius 3 is 2.64 bits per heavy atom. The average molecular weight is 359 g/mol. The molecule has 0 atom stereocenters. The third kappa shape index (κ3) is 4.27. The van der Waals surface area contributed by atoms with Crippen LogP contribution < -0.4 is 5.73 Å². The summed E-state index contributed by atoms with van der Waals surface area (Å²) in [5.74, 6) is 0. The van der Waals surface area contributed by atoms with E-state index in [4.69, 9.17) is 17.3 Å². The van der Waals surface area contributed by atoms with Gasteiger partial charge in [-0.05, 0) is 59.7 Å². The topological polar surface area (TPSA) is 46.3 Å². The molecule has 1 fully saturated rings. The molecule has 1 saturated carbocycles. The number of rotatable bonds is 5. The maximum atomic E-state index is 12.0. The molecule has 0 saturated heterocycles. The molecule has 2 amide bonds. The Balaban J connectivity index is 1.85. The van der Waals surface area contributed by atoms with E-state index in [1.807, 2.05) is 17.0 Å². The quantitative estimate of drug-likeness (QED) is 0.773. The molecular formula is C21H27ClN2O. The van der Waals surface area contributed by atoms with Crippen LogP contribution in [-0.2, 0) is 12.8 Å². The molecule has 0 unspecified atom stereocenters. The maximum absolute atomic E-state index is 12.0. The smallest absolute Gasteiger partial charge is 0.315 e. The van der Waals surface area contributed by atoms with Crippen molar-refractivity contribution in [3.63, 3.8) is 0 Å². The van der Waals surface area contributed by atoms with E-state index in [2.05, 4.69) is 25.1 Å². The fourth-order valence-corrected chi connectivity index (χ4v) is 4.16. The summed E-state index contributed by atoms with van der Waals surface area (Å²) in [6.45, 7) is 2.84. The number of hydrogen-bond acceptors (Lipinski definition) is 1. The molecule has 1 aliphatic rings. The van der Waals surface area contributed by atoms with Crippen LogP contribution in [0.3, 0.4) is 0 Å². The fourth-order valence-electron chi connectivity index (χ4n) is 3.99. The Kier molecular flexibility index (Phi) is 5.85. The highest BCUT2D eigenvalue weighted by Gasteiger charge is 2.23. The Morgan fingerprint density at radius 2 is 1.96 bits per heavy atom. The van der Waals surface area contributed by atoms with E-state index < -0.39 is 0 Å². The number of carbonyl (C=O) groups is 1. The molecule has 0 aliphatic heterocycles. The van der Waals surface area contributed by atoms with Gasteiger partial charge < -0.3 is 10.6 Å². The maximum Gasteiger partial charge on any atom is 0.315 e. The molecular weight excluding hydrogens is 332 g/mol. The van der Waals surface area contributed by atoms with E-state index in [1.54, 1.807) is 0 Å². The normalized spacial score (nSPS) is 15.4. The second kappa shape index (κ2) is 8.09. The fraction of sp³-hybridized carbons (Fsp3) is 0.476. The Morgan fingerprint density at radius 1 is 1.20 bits per heavy atom. The standard InChI is InChI=1S/C21H27ClN2O/c1-2-15-12-16-8-9-18(22)14-20(16)17(13-15)10-11-24(21(23)25)19-6-4-3-5-7-19/h8-9,12-14,19H,2-7,10-11H2,1H3,(H2,23,25). The summed E-state index contributed by atoms with van der Waals surface area (Å²) < 4.78 is 0. The Hall–Kier alpha value is -1.74. The first-order chi connectivity index (χ1) is 12.1. The van der Waals surface area contributed by atoms with Crippen molar-refractivity contribution in [2.75, 3.05) is 6.54 Å². The number of nitrogens with zero attached hydrogens (tertiary/aromatic N) is 1. The molecule has 1 aliphatic carbocycles. The van der Waals surface area contributed by atoms with Gasteiger partial charge in [-0.25, -0.2) is 4.79 Å². The minimum atomic E-state index is -0.291. The molecule has 2 aromatic rings. The molecule has 4 heteroatoms. The van der Waals surface area contributed by atoms with E-state index in [-0.39, 0.29) is 6.03 Å². The van der Waals surface area contributed by atoms with Crippen molar-refractivity contribution in [1.29, 1.82) is 0 Å². The van der Waals surface area contributed by atoms with Gasteiger partial charge in [0.1, 0.15) is 0 Å². The van der Waals surface area contributed by atoms with Gasteiger partial charge in [-0.3, -0.25) is 0 Å². The Labute approximate surface area is 155 Å². The van der Waals surface area contributed by atoms with Crippen molar-refractivity contribution in [3.05, 3.63) is 46.5 Å². The van der Waals surface area contributed by atoms with Crippen LogP contribution in [0, 0.1) is 0 Å². The van der Waals surface area contributed by atoms with Gasteiger partial charge in [0.2, 0.25) is 0 Å². The van der Waals surface area contributed by atoms with Crippen molar-refractivity contribution >= 4 is 28.4 Å². The number of aryl methyl sites for hydroxylation is 1. The average Bonchev–Trinajstić information content (AvgIpc) is 2.62. The summed E-state index contributed by atoms with van der Waals surface area (Å²) in [5, 5.41) is 3.14. The summed E-state index contributed by atoms with van der Waals surface area (Å²) in [6.07, 6.45) is 7.61. The summed E-state index contributed by atoms with van der Waals surface area (Å²) >= 11 is 6.21. The van der Waals surface area contributed by atoms with Gasteiger partial charge in [-0.1, -0.05) is 56.0 Å². The number of amides is 2. The van der Waals surface area contributed by atoms with Crippen LogP contribution in [0.1, 0.15) is 50.2 Å². The first kappa shape index (κ1) is 18.1. The molecule has 2 aromatic carbocycles. The lowest BCUT2D eigenvalue weighted by atomic mass is 9.93. The van der Waals surface area contributed by atoms with Crippen LogP contribution in [-0.4, -0.2) is 23.5 Å². The van der Waals surface area contributed by atoms with Crippen LogP contribution in [0.15, 0.2) is 30.3 Å². The summed E-state index contributed by atoms with van der Waals surface area (Å²) in [6, 6.07) is 10.5. The first-order valence-corrected chi connectivity index (χ1v) is 9.73. The van der Waals surface area contributed by atoms with Crippen molar-refractivity contribution in [1.82, 2.24) is 4.90 Å². The zero-order valence-corrected chi connectivity index (χ0v) is 15.7. The molecule has 0 bridgehead atoms. The van der Waals surface area contributed by atoms with Crippen LogP contribution in [0.4, 0.5) is 4.79 Å². The van der Waals surface area contributed by atoms with Gasteiger partial charge >= 0.3 is 6.03 Å². The molecule has 2 N–H and O–H groups in total. The monoisotopic (exact) mass is 358 g/mol. The summed E-state index contributed by atoms with van der Waals surface area (Å²) in [7, 11) is 0. The molecule has 25 heavy (non-hydrogen) atoms. The molecule has 3 nitrogen and oxygen atoms in total. The number of halogens is 1. The zero-order valence-electron chi connectivity index (χ0n) is 14.9. The molecule has 0 spiro atoms. The van der Waals surface area contributed by atoms with Gasteiger partial charge in [0, 0.05) is 17.6 Å². The molecule has 0 heterocycles. The number of nitrogens with two attached hydrogens (primary N) is 1. The van der Waals surface area contributed by atoms with Crippen molar-refractivity contribution in [2.45, 2.75) is 57.9 Å². The predicted octanol–water partition coefficient (Wildman–Crippen LogP) is 5.31. The SMILES string of the molecule is CCc1cc(CCN(C(N)=O)C2CCCCC2)c2cc(Cl)ccc2c1. The van der Waals surface area contributed by atoms with Crippen LogP contribution >= 0.6 is 11.6 Å². The van der Waals surface area contributed by atoms with Crippen molar-refractivity contribution in [2.24, 2.45) is 5.73 Å². The predicted molar refractivity (Wildman–Crippen MR) is 105 cm³/mol. The molecule has 3 rings (SSSR count). The van der Waals surface area contributed by atoms with Crippen LogP contribution in [0.25, 0.3) is 10.8 Å². The van der Waals surface area contributed by atoms with Crippen molar-refractivity contribution in [3.8, 4) is 0 Å². The number of hydrogen-bond donors (Lipinski definition) is 1. The molecule has 134 valence electrons. The number of benzene rings is 2. The largest absolute Gasteiger partial charge is 0.351 e. The highest BCUT2D eigenvalue weighted by molar-refractivity contribution is 6.31. The van der Waals surface area contributed by atoms with Gasteiger partial charge in [-0.2, -0.15) is 0 Å². The lowest BCUT2D eigenvalue weighted by molar-refractivity contribution is 0.164. The van der Waals surface area contributed by atoms with E-state index in [0.717, 1.165) is 30.7 Å². The number of primary amides is 1. The van der Waals surface area contributed by atoms with E-state index >= 15 is 0 Å². The second-order valence-corrected chi connectivity index (χ2v) is 7.48. The summed E-state index contributed by atoms with van der Waals surface area (Å²) in [5.41, 5.74) is 8.25. The van der Waals surface area contributed by atoms with Gasteiger partial charge in [0.05, 0.1) is 0 Å². The minimum absolute atomic E-state index is 0.291. The van der Waals surface area contributed by atoms with Gasteiger partial charge in [-0.15, -0.1) is 0 Å². The first-order valence-electron chi connectivity index (χ1n) is 9.35. The third-order valence-corrected chi connectivity index (χ3v) is 5.63. The van der Waals surface area contributed by atoms with E-state index in [1.165, 1.54) is 41.2 Å². The van der Waals surface area contributed by atoms with Gasteiger partial charge in [0.25, 0.3) is 0 Å². The van der Waals surface area contributed by atoms with Crippen molar-refractivity contribution < 1.29 is 4.79 Å². The minimum Gasteiger partial charge on any atom is -0.351 e. The van der Waals surface area contributed by atoms with E-state index in [9.17, 15) is 4.79 Å². The molecule has 0 aromatic heterocycles. The lowest BCUT2D eigenvalue weighted by Crippen LogP contribution is -2.45. The van der Waals surface area contributed by atoms with Crippen LogP contribution in [0.2, 0.25) is 5.02 Å². The molecule has 0 radical (unpaired) electrons. The van der Waals surface area contributed by atoms with E-state index in [0.29, 0.717) is 12.6 Å².